The van der Waals surface area contributed by atoms with Gasteiger partial charge >= 0.3 is 0 Å². The maximum Gasteiger partial charge on any atom is 0.000623 e. The molecule has 1 aliphatic heterocycles. The molecule has 2 rings (SSSR count). The maximum absolute atomic E-state index is 3.78. The monoisotopic (exact) mass is 264 g/mol. The van der Waals surface area contributed by atoms with Gasteiger partial charge < -0.3 is 10.2 Å². The molecule has 2 unspecified atom stereocenters. The van der Waals surface area contributed by atoms with E-state index in [1.54, 1.807) is 5.57 Å². The number of hydrogen-bond acceptors (Lipinski definition) is 2. The summed E-state index contributed by atoms with van der Waals surface area (Å²) in [6.45, 7) is 12.0. The third-order valence-corrected chi connectivity index (χ3v) is 5.06. The van der Waals surface area contributed by atoms with Gasteiger partial charge in [0.25, 0.3) is 0 Å². The second-order valence-electron chi connectivity index (χ2n) is 7.54. The number of rotatable bonds is 4. The van der Waals surface area contributed by atoms with Crippen LogP contribution >= 0.6 is 0 Å². The summed E-state index contributed by atoms with van der Waals surface area (Å²) >= 11 is 0. The molecule has 110 valence electrons. The molecule has 2 aliphatic rings. The molecule has 0 amide bonds. The Morgan fingerprint density at radius 1 is 1.37 bits per heavy atom. The summed E-state index contributed by atoms with van der Waals surface area (Å²) in [4.78, 5) is 2.46. The van der Waals surface area contributed by atoms with Crippen LogP contribution in [0.3, 0.4) is 0 Å². The zero-order chi connectivity index (χ0) is 13.9. The van der Waals surface area contributed by atoms with Crippen LogP contribution in [0.25, 0.3) is 0 Å². The van der Waals surface area contributed by atoms with Crippen molar-refractivity contribution >= 4 is 0 Å². The minimum atomic E-state index is 0.525. The lowest BCUT2D eigenvalue weighted by Crippen LogP contribution is -2.43. The third kappa shape index (κ3) is 4.61. The normalized spacial score (nSPS) is 32.1. The smallest absolute Gasteiger partial charge is 0.000623 e. The van der Waals surface area contributed by atoms with E-state index in [2.05, 4.69) is 44.1 Å². The van der Waals surface area contributed by atoms with Crippen molar-refractivity contribution < 1.29 is 0 Å². The molecule has 1 heterocycles. The molecule has 0 spiro atoms. The van der Waals surface area contributed by atoms with Gasteiger partial charge in [-0.05, 0) is 76.5 Å². The maximum atomic E-state index is 3.78. The van der Waals surface area contributed by atoms with Crippen molar-refractivity contribution in [3.8, 4) is 0 Å². The number of likely N-dealkylation sites (tertiary alicyclic amines) is 1. The van der Waals surface area contributed by atoms with E-state index in [0.717, 1.165) is 11.8 Å². The lowest BCUT2D eigenvalue weighted by molar-refractivity contribution is 0.135. The Hall–Kier alpha value is -0.340. The zero-order valence-electron chi connectivity index (χ0n) is 13.3. The van der Waals surface area contributed by atoms with Crippen molar-refractivity contribution in [2.24, 2.45) is 17.3 Å². The van der Waals surface area contributed by atoms with Crippen LogP contribution in [-0.4, -0.2) is 38.1 Å². The van der Waals surface area contributed by atoms with Gasteiger partial charge in [0.15, 0.2) is 0 Å². The van der Waals surface area contributed by atoms with E-state index >= 15 is 0 Å². The standard InChI is InChI=1S/C17H32N2/c1-14-9-15(2)11-16(10-14)12-18-13-17(3)5-7-19(4)8-6-17/h9,14,16,18H,5-8,10-13H2,1-4H3. The van der Waals surface area contributed by atoms with E-state index in [1.807, 2.05) is 0 Å². The van der Waals surface area contributed by atoms with Crippen LogP contribution < -0.4 is 5.32 Å². The molecule has 0 aromatic carbocycles. The second kappa shape index (κ2) is 6.41. The third-order valence-electron chi connectivity index (χ3n) is 5.06. The van der Waals surface area contributed by atoms with E-state index < -0.39 is 0 Å². The predicted octanol–water partition coefficient (Wildman–Crippen LogP) is 3.30. The SMILES string of the molecule is CC1=CC(C)CC(CNCC2(C)CCN(C)CC2)C1. The van der Waals surface area contributed by atoms with E-state index in [0.29, 0.717) is 5.41 Å². The quantitative estimate of drug-likeness (QED) is 0.784. The lowest BCUT2D eigenvalue weighted by Gasteiger charge is -2.38. The highest BCUT2D eigenvalue weighted by Gasteiger charge is 2.28. The van der Waals surface area contributed by atoms with Crippen molar-refractivity contribution in [1.82, 2.24) is 10.2 Å². The first-order valence-electron chi connectivity index (χ1n) is 8.03. The zero-order valence-corrected chi connectivity index (χ0v) is 13.3. The summed E-state index contributed by atoms with van der Waals surface area (Å²) in [5.74, 6) is 1.63. The highest BCUT2D eigenvalue weighted by Crippen LogP contribution is 2.30. The molecule has 0 bridgehead atoms. The minimum absolute atomic E-state index is 0.525. The molecule has 2 heteroatoms. The van der Waals surface area contributed by atoms with Crippen LogP contribution in [0.15, 0.2) is 11.6 Å². The van der Waals surface area contributed by atoms with Gasteiger partial charge in [0.2, 0.25) is 0 Å². The Morgan fingerprint density at radius 3 is 2.68 bits per heavy atom. The number of nitrogens with one attached hydrogen (secondary N) is 1. The molecule has 19 heavy (non-hydrogen) atoms. The van der Waals surface area contributed by atoms with Gasteiger partial charge in [-0.3, -0.25) is 0 Å². The first kappa shape index (κ1) is 15.1. The van der Waals surface area contributed by atoms with Gasteiger partial charge in [-0.1, -0.05) is 25.5 Å². The van der Waals surface area contributed by atoms with Crippen molar-refractivity contribution in [3.05, 3.63) is 11.6 Å². The van der Waals surface area contributed by atoms with Gasteiger partial charge in [0.05, 0.1) is 0 Å². The number of hydrogen-bond donors (Lipinski definition) is 1. The van der Waals surface area contributed by atoms with Gasteiger partial charge in [-0.25, -0.2) is 0 Å². The predicted molar refractivity (Wildman–Crippen MR) is 83.4 cm³/mol. The molecule has 0 radical (unpaired) electrons. The molecule has 2 atom stereocenters. The average molecular weight is 264 g/mol. The Labute approximate surface area is 119 Å². The fourth-order valence-electron chi connectivity index (χ4n) is 3.75. The largest absolute Gasteiger partial charge is 0.316 e. The summed E-state index contributed by atoms with van der Waals surface area (Å²) < 4.78 is 0. The number of piperidine rings is 1. The Morgan fingerprint density at radius 2 is 2.05 bits per heavy atom. The van der Waals surface area contributed by atoms with Gasteiger partial charge in [0.1, 0.15) is 0 Å². The highest BCUT2D eigenvalue weighted by atomic mass is 15.1. The molecule has 1 saturated heterocycles. The van der Waals surface area contributed by atoms with Crippen LogP contribution in [0.1, 0.15) is 46.5 Å². The summed E-state index contributed by atoms with van der Waals surface area (Å²) in [5.41, 5.74) is 2.12. The van der Waals surface area contributed by atoms with Gasteiger partial charge in [-0.2, -0.15) is 0 Å². The summed E-state index contributed by atoms with van der Waals surface area (Å²) in [5, 5.41) is 3.78. The molecular formula is C17H32N2. The van der Waals surface area contributed by atoms with Gasteiger partial charge in [-0.15, -0.1) is 0 Å². The topological polar surface area (TPSA) is 15.3 Å². The first-order valence-corrected chi connectivity index (χ1v) is 8.03. The van der Waals surface area contributed by atoms with Crippen LogP contribution in [0.5, 0.6) is 0 Å². The minimum Gasteiger partial charge on any atom is -0.316 e. The van der Waals surface area contributed by atoms with Gasteiger partial charge in [0, 0.05) is 6.54 Å². The summed E-state index contributed by atoms with van der Waals surface area (Å²) in [6, 6.07) is 0. The Kier molecular flexibility index (Phi) is 5.08. The fourth-order valence-corrected chi connectivity index (χ4v) is 3.75. The molecule has 1 N–H and O–H groups in total. The molecule has 0 aromatic heterocycles. The fraction of sp³-hybridized carbons (Fsp3) is 0.882. The van der Waals surface area contributed by atoms with Crippen molar-refractivity contribution in [2.75, 3.05) is 33.2 Å². The average Bonchev–Trinajstić information content (AvgIpc) is 2.32. The van der Waals surface area contributed by atoms with E-state index in [9.17, 15) is 0 Å². The Bertz CT molecular complexity index is 313. The van der Waals surface area contributed by atoms with E-state index in [-0.39, 0.29) is 0 Å². The number of nitrogens with zero attached hydrogens (tertiary/aromatic N) is 1. The van der Waals surface area contributed by atoms with Crippen molar-refractivity contribution in [1.29, 1.82) is 0 Å². The van der Waals surface area contributed by atoms with Crippen molar-refractivity contribution in [2.45, 2.75) is 46.5 Å². The lowest BCUT2D eigenvalue weighted by atomic mass is 9.80. The molecule has 1 aliphatic carbocycles. The van der Waals surface area contributed by atoms with E-state index in [1.165, 1.54) is 51.9 Å². The Balaban J connectivity index is 1.70. The summed E-state index contributed by atoms with van der Waals surface area (Å²) in [6.07, 6.45) is 7.81. The molecule has 0 aromatic rings. The van der Waals surface area contributed by atoms with Crippen molar-refractivity contribution in [3.63, 3.8) is 0 Å². The molecule has 0 saturated carbocycles. The first-order chi connectivity index (χ1) is 8.97. The summed E-state index contributed by atoms with van der Waals surface area (Å²) in [7, 11) is 2.24. The van der Waals surface area contributed by atoms with Crippen LogP contribution in [0.4, 0.5) is 0 Å². The van der Waals surface area contributed by atoms with E-state index in [4.69, 9.17) is 0 Å². The molecule has 2 nitrogen and oxygen atoms in total. The highest BCUT2D eigenvalue weighted by molar-refractivity contribution is 5.06. The van der Waals surface area contributed by atoms with Crippen LogP contribution in [-0.2, 0) is 0 Å². The van der Waals surface area contributed by atoms with Crippen LogP contribution in [0.2, 0.25) is 0 Å². The molecular weight excluding hydrogens is 232 g/mol. The number of allylic oxidation sites excluding steroid dienone is 2. The second-order valence-corrected chi connectivity index (χ2v) is 7.54. The molecule has 1 fully saturated rings. The van der Waals surface area contributed by atoms with Crippen LogP contribution in [0, 0.1) is 17.3 Å².